The third-order valence-electron chi connectivity index (χ3n) is 4.18. The molecule has 1 heterocycles. The second-order valence-electron chi connectivity index (χ2n) is 7.44. The van der Waals surface area contributed by atoms with E-state index >= 15 is 0 Å². The van der Waals surface area contributed by atoms with E-state index < -0.39 is 11.7 Å². The van der Waals surface area contributed by atoms with Crippen LogP contribution in [0.25, 0.3) is 0 Å². The lowest BCUT2D eigenvalue weighted by molar-refractivity contribution is -0.249. The fourth-order valence-electron chi connectivity index (χ4n) is 2.65. The molecule has 1 fully saturated rings. The zero-order valence-corrected chi connectivity index (χ0v) is 16.0. The van der Waals surface area contributed by atoms with Crippen molar-refractivity contribution in [2.45, 2.75) is 58.5 Å². The number of benzene rings is 1. The molecule has 0 radical (unpaired) electrons. The molecule has 0 saturated carbocycles. The van der Waals surface area contributed by atoms with E-state index in [0.717, 1.165) is 11.3 Å². The van der Waals surface area contributed by atoms with Crippen LogP contribution in [0, 0.1) is 17.8 Å². The van der Waals surface area contributed by atoms with Crippen molar-refractivity contribution < 1.29 is 23.7 Å². The Morgan fingerprint density at radius 3 is 2.46 bits per heavy atom. The van der Waals surface area contributed by atoms with Gasteiger partial charge in [0, 0.05) is 24.8 Å². The Bertz CT molecular complexity index is 623. The van der Waals surface area contributed by atoms with Gasteiger partial charge in [-0.15, -0.1) is 12.3 Å². The molecule has 0 aliphatic carbocycles. The molecule has 1 aromatic carbocycles. The van der Waals surface area contributed by atoms with Gasteiger partial charge in [0.25, 0.3) is 0 Å². The van der Waals surface area contributed by atoms with Crippen LogP contribution in [0.15, 0.2) is 24.3 Å². The molecular weight excluding hydrogens is 332 g/mol. The molecular formula is C21H28O5. The van der Waals surface area contributed by atoms with E-state index in [1.54, 1.807) is 7.11 Å². The van der Waals surface area contributed by atoms with E-state index in [0.29, 0.717) is 25.9 Å². The third-order valence-corrected chi connectivity index (χ3v) is 4.18. The summed E-state index contributed by atoms with van der Waals surface area (Å²) in [5.41, 5.74) is 0.401. The molecule has 0 amide bonds. The fourth-order valence-corrected chi connectivity index (χ4v) is 2.65. The van der Waals surface area contributed by atoms with Crippen LogP contribution >= 0.6 is 0 Å². The van der Waals surface area contributed by atoms with Crippen molar-refractivity contribution in [1.82, 2.24) is 0 Å². The van der Waals surface area contributed by atoms with Gasteiger partial charge in [0.15, 0.2) is 6.29 Å². The summed E-state index contributed by atoms with van der Waals surface area (Å²) < 4.78 is 22.6. The lowest BCUT2D eigenvalue weighted by Crippen LogP contribution is -2.35. The maximum atomic E-state index is 11.9. The Morgan fingerprint density at radius 1 is 1.23 bits per heavy atom. The Morgan fingerprint density at radius 2 is 1.88 bits per heavy atom. The first-order valence-electron chi connectivity index (χ1n) is 8.89. The molecule has 0 spiro atoms. The molecule has 1 aliphatic heterocycles. The predicted octanol–water partition coefficient (Wildman–Crippen LogP) is 3.87. The minimum Gasteiger partial charge on any atom is -0.497 e. The number of carbonyl (C=O) groups is 1. The van der Waals surface area contributed by atoms with Crippen molar-refractivity contribution in [3.8, 4) is 18.1 Å². The zero-order valence-electron chi connectivity index (χ0n) is 16.0. The summed E-state index contributed by atoms with van der Waals surface area (Å²) in [4.78, 5) is 11.9. The summed E-state index contributed by atoms with van der Waals surface area (Å²) in [6, 6.07) is 7.57. The number of hydrogen-bond acceptors (Lipinski definition) is 5. The highest BCUT2D eigenvalue weighted by molar-refractivity contribution is 5.75. The van der Waals surface area contributed by atoms with Gasteiger partial charge in [-0.05, 0) is 32.9 Å². The van der Waals surface area contributed by atoms with Crippen LogP contribution < -0.4 is 4.74 Å². The first-order valence-corrected chi connectivity index (χ1v) is 8.89. The Kier molecular flexibility index (Phi) is 7.07. The second-order valence-corrected chi connectivity index (χ2v) is 7.44. The van der Waals surface area contributed by atoms with Crippen molar-refractivity contribution in [2.75, 3.05) is 13.7 Å². The molecule has 0 bridgehead atoms. The quantitative estimate of drug-likeness (QED) is 0.569. The molecule has 1 aliphatic rings. The maximum absolute atomic E-state index is 11.9. The van der Waals surface area contributed by atoms with Crippen LogP contribution in [0.1, 0.15) is 51.9 Å². The SMILES string of the molecule is C#CC[C@H]1C[C@@H](CCOC(=O)C(C)(C)C)O[C@@H](c2ccc(OC)cc2)O1. The molecule has 1 saturated heterocycles. The van der Waals surface area contributed by atoms with Gasteiger partial charge >= 0.3 is 5.97 Å². The van der Waals surface area contributed by atoms with Gasteiger partial charge in [-0.1, -0.05) is 12.1 Å². The smallest absolute Gasteiger partial charge is 0.311 e. The van der Waals surface area contributed by atoms with Crippen LogP contribution in [0.2, 0.25) is 0 Å². The third kappa shape index (κ3) is 5.76. The topological polar surface area (TPSA) is 54.0 Å². The summed E-state index contributed by atoms with van der Waals surface area (Å²) >= 11 is 0. The number of methoxy groups -OCH3 is 1. The van der Waals surface area contributed by atoms with E-state index in [1.807, 2.05) is 45.0 Å². The Hall–Kier alpha value is -2.03. The predicted molar refractivity (Wildman–Crippen MR) is 98.6 cm³/mol. The lowest BCUT2D eigenvalue weighted by Gasteiger charge is -2.35. The van der Waals surface area contributed by atoms with Crippen molar-refractivity contribution in [3.63, 3.8) is 0 Å². The number of carbonyl (C=O) groups excluding carboxylic acids is 1. The zero-order chi connectivity index (χ0) is 19.2. The minimum absolute atomic E-state index is 0.0795. The van der Waals surface area contributed by atoms with Gasteiger partial charge in [0.1, 0.15) is 5.75 Å². The summed E-state index contributed by atoms with van der Waals surface area (Å²) in [6.45, 7) is 5.83. The average molecular weight is 360 g/mol. The van der Waals surface area contributed by atoms with Crippen LogP contribution in [0.5, 0.6) is 5.75 Å². The molecule has 0 unspecified atom stereocenters. The highest BCUT2D eigenvalue weighted by Gasteiger charge is 2.31. The number of terminal acetylenes is 1. The molecule has 142 valence electrons. The summed E-state index contributed by atoms with van der Waals surface area (Å²) in [5, 5.41) is 0. The Labute approximate surface area is 156 Å². The average Bonchev–Trinajstić information content (AvgIpc) is 2.61. The van der Waals surface area contributed by atoms with Gasteiger partial charge in [0.05, 0.1) is 31.3 Å². The van der Waals surface area contributed by atoms with E-state index in [4.69, 9.17) is 25.4 Å². The van der Waals surface area contributed by atoms with Crippen LogP contribution in [-0.2, 0) is 19.0 Å². The standard InChI is InChI=1S/C21H28O5/c1-6-7-17-14-18(12-13-24-20(22)21(2,3)4)26-19(25-17)15-8-10-16(23-5)11-9-15/h1,8-11,17-19H,7,12-14H2,2-5H3/t17-,18+,19-/m0/s1. The summed E-state index contributed by atoms with van der Waals surface area (Å²) in [6.07, 6.45) is 6.62. The van der Waals surface area contributed by atoms with Gasteiger partial charge in [0.2, 0.25) is 0 Å². The largest absolute Gasteiger partial charge is 0.497 e. The van der Waals surface area contributed by atoms with Gasteiger partial charge in [-0.2, -0.15) is 0 Å². The van der Waals surface area contributed by atoms with Crippen molar-refractivity contribution >= 4 is 5.97 Å². The molecule has 5 heteroatoms. The number of hydrogen-bond donors (Lipinski definition) is 0. The first-order chi connectivity index (χ1) is 12.3. The maximum Gasteiger partial charge on any atom is 0.311 e. The summed E-state index contributed by atoms with van der Waals surface area (Å²) in [7, 11) is 1.63. The molecule has 0 aromatic heterocycles. The Balaban J connectivity index is 1.97. The molecule has 2 rings (SSSR count). The van der Waals surface area contributed by atoms with E-state index in [1.165, 1.54) is 0 Å². The second kappa shape index (κ2) is 9.07. The molecule has 26 heavy (non-hydrogen) atoms. The summed E-state index contributed by atoms with van der Waals surface area (Å²) in [5.74, 6) is 3.22. The normalized spacial score (nSPS) is 23.1. The number of ether oxygens (including phenoxy) is 4. The monoisotopic (exact) mass is 360 g/mol. The molecule has 0 N–H and O–H groups in total. The molecule has 3 atom stereocenters. The first kappa shape index (κ1) is 20.3. The van der Waals surface area contributed by atoms with Crippen LogP contribution in [0.3, 0.4) is 0 Å². The van der Waals surface area contributed by atoms with E-state index in [-0.39, 0.29) is 18.2 Å². The van der Waals surface area contributed by atoms with Gasteiger partial charge in [-0.3, -0.25) is 4.79 Å². The van der Waals surface area contributed by atoms with Crippen LogP contribution in [-0.4, -0.2) is 31.9 Å². The van der Waals surface area contributed by atoms with E-state index in [9.17, 15) is 4.79 Å². The highest BCUT2D eigenvalue weighted by atomic mass is 16.7. The van der Waals surface area contributed by atoms with Crippen molar-refractivity contribution in [3.05, 3.63) is 29.8 Å². The van der Waals surface area contributed by atoms with Crippen molar-refractivity contribution in [2.24, 2.45) is 5.41 Å². The lowest BCUT2D eigenvalue weighted by atomic mass is 9.97. The molecule has 1 aromatic rings. The van der Waals surface area contributed by atoms with Gasteiger partial charge in [-0.25, -0.2) is 0 Å². The highest BCUT2D eigenvalue weighted by Crippen LogP contribution is 2.33. The van der Waals surface area contributed by atoms with E-state index in [2.05, 4.69) is 5.92 Å². The number of esters is 1. The van der Waals surface area contributed by atoms with Gasteiger partial charge < -0.3 is 18.9 Å². The molecule has 5 nitrogen and oxygen atoms in total. The number of rotatable bonds is 6. The van der Waals surface area contributed by atoms with Crippen LogP contribution in [0.4, 0.5) is 0 Å². The minimum atomic E-state index is -0.506. The van der Waals surface area contributed by atoms with Crippen molar-refractivity contribution in [1.29, 1.82) is 0 Å². The fraction of sp³-hybridized carbons (Fsp3) is 0.571.